The van der Waals surface area contributed by atoms with Crippen LogP contribution in [-0.4, -0.2) is 0 Å². The smallest absolute Gasteiger partial charge is 0.0911 e. The summed E-state index contributed by atoms with van der Waals surface area (Å²) in [4.78, 5) is 0. The molecule has 1 atom stereocenters. The number of benzene rings is 1. The number of ether oxygens (including phenoxy) is 1. The number of unbranched alkanes of at least 4 members (excludes halogenated alkanes) is 1. The third kappa shape index (κ3) is 1.57. The molecule has 0 saturated heterocycles. The Balaban J connectivity index is 2.23. The molecule has 0 N–H and O–H groups in total. The summed E-state index contributed by atoms with van der Waals surface area (Å²) in [5.41, 5.74) is 2.74. The van der Waals surface area contributed by atoms with E-state index < -0.39 is 0 Å². The second-order valence-corrected chi connectivity index (χ2v) is 4.28. The predicted octanol–water partition coefficient (Wildman–Crippen LogP) is 3.62. The van der Waals surface area contributed by atoms with Crippen LogP contribution in [0, 0.1) is 0 Å². The van der Waals surface area contributed by atoms with Gasteiger partial charge in [0.25, 0.3) is 0 Å². The normalized spacial score (nSPS) is 25.0. The van der Waals surface area contributed by atoms with Crippen molar-refractivity contribution >= 4 is 0 Å². The topological polar surface area (TPSA) is 9.23 Å². The van der Waals surface area contributed by atoms with Crippen LogP contribution in [0.2, 0.25) is 0 Å². The summed E-state index contributed by atoms with van der Waals surface area (Å²) in [6, 6.07) is 8.58. The highest BCUT2D eigenvalue weighted by molar-refractivity contribution is 5.34. The van der Waals surface area contributed by atoms with Gasteiger partial charge in [-0.25, -0.2) is 0 Å². The van der Waals surface area contributed by atoms with Crippen LogP contribution in [0.3, 0.4) is 0 Å². The van der Waals surface area contributed by atoms with E-state index in [1.165, 1.54) is 24.0 Å². The lowest BCUT2D eigenvalue weighted by molar-refractivity contribution is -0.0309. The zero-order valence-corrected chi connectivity index (χ0v) is 9.05. The molecule has 0 amide bonds. The summed E-state index contributed by atoms with van der Waals surface area (Å²) in [6.45, 7) is 5.23. The van der Waals surface area contributed by atoms with Gasteiger partial charge in [0.1, 0.15) is 0 Å². The predicted molar refractivity (Wildman–Crippen MR) is 58.1 cm³/mol. The molecule has 0 spiro atoms. The Bertz CT molecular complexity index is 319. The Hall–Kier alpha value is -0.820. The van der Waals surface area contributed by atoms with Crippen LogP contribution in [0.1, 0.15) is 44.2 Å². The Labute approximate surface area is 86.1 Å². The summed E-state index contributed by atoms with van der Waals surface area (Å²) in [5, 5.41) is 0. The van der Waals surface area contributed by atoms with Gasteiger partial charge in [0.2, 0.25) is 0 Å². The Morgan fingerprint density at radius 2 is 2.14 bits per heavy atom. The highest BCUT2D eigenvalue weighted by Gasteiger charge is 2.34. The van der Waals surface area contributed by atoms with Crippen LogP contribution in [0.5, 0.6) is 0 Å². The molecule has 14 heavy (non-hydrogen) atoms. The van der Waals surface area contributed by atoms with Crippen LogP contribution in [0.25, 0.3) is 0 Å². The minimum atomic E-state index is -0.0212. The maximum Gasteiger partial charge on any atom is 0.0911 e. The Kier molecular flexibility index (Phi) is 2.60. The fourth-order valence-corrected chi connectivity index (χ4v) is 2.20. The van der Waals surface area contributed by atoms with Crippen molar-refractivity contribution < 1.29 is 4.74 Å². The standard InChI is InChI=1S/C13H18O/c1-3-4-9-13(2)12-8-6-5-7-11(12)10-14-13/h5-8H,3-4,9-10H2,1-2H3/t13-/m1/s1. The molecule has 0 aromatic heterocycles. The zero-order chi connectivity index (χ0) is 10.0. The molecule has 0 unspecified atom stereocenters. The van der Waals surface area contributed by atoms with E-state index in [0.717, 1.165) is 13.0 Å². The van der Waals surface area contributed by atoms with Crippen molar-refractivity contribution in [3.8, 4) is 0 Å². The molecule has 76 valence electrons. The highest BCUT2D eigenvalue weighted by Crippen LogP contribution is 2.39. The van der Waals surface area contributed by atoms with Crippen molar-refractivity contribution in [2.24, 2.45) is 0 Å². The van der Waals surface area contributed by atoms with Gasteiger partial charge in [-0.1, -0.05) is 44.0 Å². The summed E-state index contributed by atoms with van der Waals surface area (Å²) in [5.74, 6) is 0. The molecule has 0 aliphatic carbocycles. The molecule has 0 fully saturated rings. The van der Waals surface area contributed by atoms with E-state index in [0.29, 0.717) is 0 Å². The van der Waals surface area contributed by atoms with Crippen LogP contribution in [-0.2, 0) is 16.9 Å². The van der Waals surface area contributed by atoms with Gasteiger partial charge >= 0.3 is 0 Å². The third-order valence-electron chi connectivity index (χ3n) is 3.14. The zero-order valence-electron chi connectivity index (χ0n) is 9.05. The van der Waals surface area contributed by atoms with Crippen molar-refractivity contribution in [2.75, 3.05) is 0 Å². The summed E-state index contributed by atoms with van der Waals surface area (Å²) in [6.07, 6.45) is 3.62. The first-order valence-electron chi connectivity index (χ1n) is 5.48. The van der Waals surface area contributed by atoms with Gasteiger partial charge in [-0.3, -0.25) is 0 Å². The minimum Gasteiger partial charge on any atom is -0.366 e. The van der Waals surface area contributed by atoms with E-state index in [2.05, 4.69) is 38.1 Å². The lowest BCUT2D eigenvalue weighted by Crippen LogP contribution is -2.20. The second kappa shape index (κ2) is 3.74. The molecule has 1 nitrogen and oxygen atoms in total. The monoisotopic (exact) mass is 190 g/mol. The SMILES string of the molecule is CCCC[C@@]1(C)OCc2ccccc21. The maximum absolute atomic E-state index is 5.91. The fourth-order valence-electron chi connectivity index (χ4n) is 2.20. The number of rotatable bonds is 3. The van der Waals surface area contributed by atoms with Crippen molar-refractivity contribution in [3.05, 3.63) is 35.4 Å². The van der Waals surface area contributed by atoms with Crippen LogP contribution in [0.4, 0.5) is 0 Å². The van der Waals surface area contributed by atoms with Gasteiger partial charge in [-0.05, 0) is 24.5 Å². The molecule has 0 saturated carbocycles. The van der Waals surface area contributed by atoms with Crippen LogP contribution >= 0.6 is 0 Å². The number of hydrogen-bond donors (Lipinski definition) is 0. The van der Waals surface area contributed by atoms with E-state index >= 15 is 0 Å². The average Bonchev–Trinajstić information content (AvgIpc) is 2.55. The fraction of sp³-hybridized carbons (Fsp3) is 0.538. The molecule has 1 aromatic rings. The first-order chi connectivity index (χ1) is 6.76. The van der Waals surface area contributed by atoms with Gasteiger partial charge in [0, 0.05) is 0 Å². The lowest BCUT2D eigenvalue weighted by atomic mass is 9.89. The largest absolute Gasteiger partial charge is 0.366 e. The Morgan fingerprint density at radius 3 is 2.93 bits per heavy atom. The molecule has 1 aliphatic heterocycles. The molecule has 1 heteroatoms. The molecule has 1 aliphatic rings. The number of fused-ring (bicyclic) bond motifs is 1. The molecule has 0 bridgehead atoms. The highest BCUT2D eigenvalue weighted by atomic mass is 16.5. The van der Waals surface area contributed by atoms with Crippen molar-refractivity contribution in [3.63, 3.8) is 0 Å². The molecule has 1 aromatic carbocycles. The van der Waals surface area contributed by atoms with Gasteiger partial charge in [0.15, 0.2) is 0 Å². The first kappa shape index (κ1) is 9.72. The molecular weight excluding hydrogens is 172 g/mol. The van der Waals surface area contributed by atoms with Crippen molar-refractivity contribution in [1.82, 2.24) is 0 Å². The summed E-state index contributed by atoms with van der Waals surface area (Å²) >= 11 is 0. The maximum atomic E-state index is 5.91. The van der Waals surface area contributed by atoms with E-state index in [9.17, 15) is 0 Å². The minimum absolute atomic E-state index is 0.0212. The average molecular weight is 190 g/mol. The van der Waals surface area contributed by atoms with Crippen molar-refractivity contribution in [2.45, 2.75) is 45.3 Å². The Morgan fingerprint density at radius 1 is 1.36 bits per heavy atom. The number of hydrogen-bond acceptors (Lipinski definition) is 1. The van der Waals surface area contributed by atoms with Gasteiger partial charge in [-0.2, -0.15) is 0 Å². The summed E-state index contributed by atoms with van der Waals surface area (Å²) < 4.78 is 5.91. The quantitative estimate of drug-likeness (QED) is 0.707. The van der Waals surface area contributed by atoms with E-state index in [4.69, 9.17) is 4.74 Å². The van der Waals surface area contributed by atoms with E-state index in [1.54, 1.807) is 0 Å². The van der Waals surface area contributed by atoms with Gasteiger partial charge < -0.3 is 4.74 Å². The molecule has 0 radical (unpaired) electrons. The van der Waals surface area contributed by atoms with Crippen LogP contribution in [0.15, 0.2) is 24.3 Å². The van der Waals surface area contributed by atoms with E-state index in [-0.39, 0.29) is 5.60 Å². The van der Waals surface area contributed by atoms with Crippen LogP contribution < -0.4 is 0 Å². The van der Waals surface area contributed by atoms with Crippen molar-refractivity contribution in [1.29, 1.82) is 0 Å². The van der Waals surface area contributed by atoms with Gasteiger partial charge in [0.05, 0.1) is 12.2 Å². The van der Waals surface area contributed by atoms with Gasteiger partial charge in [-0.15, -0.1) is 0 Å². The third-order valence-corrected chi connectivity index (χ3v) is 3.14. The molecule has 2 rings (SSSR count). The van der Waals surface area contributed by atoms with E-state index in [1.807, 2.05) is 0 Å². The molecular formula is C13H18O. The second-order valence-electron chi connectivity index (χ2n) is 4.28. The first-order valence-corrected chi connectivity index (χ1v) is 5.48. The lowest BCUT2D eigenvalue weighted by Gasteiger charge is -2.24. The summed E-state index contributed by atoms with van der Waals surface area (Å²) in [7, 11) is 0. The molecule has 1 heterocycles.